The van der Waals surface area contributed by atoms with Gasteiger partial charge in [0, 0.05) is 12.7 Å². The van der Waals surface area contributed by atoms with E-state index in [1.165, 1.54) is 19.3 Å². The molecule has 0 saturated carbocycles. The average molecular weight is 234 g/mol. The number of aromatic nitrogens is 1. The quantitative estimate of drug-likeness (QED) is 0.788. The standard InChI is InChI=1S/C14H22N2O/c1-3-5-8-12(4-2)11-16-14(17)13-9-6-7-10-15-13/h6-7,9-10,12H,3-5,8,11H2,1-2H3,(H,16,17). The highest BCUT2D eigenvalue weighted by Crippen LogP contribution is 2.11. The van der Waals surface area contributed by atoms with Crippen molar-refractivity contribution in [3.63, 3.8) is 0 Å². The summed E-state index contributed by atoms with van der Waals surface area (Å²) in [5.74, 6) is 0.517. The maximum Gasteiger partial charge on any atom is 0.269 e. The lowest BCUT2D eigenvalue weighted by Gasteiger charge is -2.14. The van der Waals surface area contributed by atoms with E-state index in [0.29, 0.717) is 11.6 Å². The van der Waals surface area contributed by atoms with Gasteiger partial charge in [0.1, 0.15) is 5.69 Å². The second kappa shape index (κ2) is 7.82. The molecule has 1 atom stereocenters. The molecule has 0 aliphatic heterocycles. The van der Waals surface area contributed by atoms with E-state index in [1.807, 2.05) is 12.1 Å². The molecule has 0 aromatic carbocycles. The monoisotopic (exact) mass is 234 g/mol. The van der Waals surface area contributed by atoms with Gasteiger partial charge in [-0.05, 0) is 24.5 Å². The first-order chi connectivity index (χ1) is 8.27. The number of hydrogen-bond acceptors (Lipinski definition) is 2. The van der Waals surface area contributed by atoms with Crippen LogP contribution in [-0.2, 0) is 0 Å². The fourth-order valence-corrected chi connectivity index (χ4v) is 1.77. The summed E-state index contributed by atoms with van der Waals surface area (Å²) in [6.45, 7) is 5.12. The lowest BCUT2D eigenvalue weighted by Crippen LogP contribution is -2.29. The molecule has 1 rings (SSSR count). The molecule has 3 nitrogen and oxygen atoms in total. The van der Waals surface area contributed by atoms with Gasteiger partial charge in [-0.1, -0.05) is 39.2 Å². The van der Waals surface area contributed by atoms with Crippen LogP contribution in [0, 0.1) is 5.92 Å². The SMILES string of the molecule is CCCCC(CC)CNC(=O)c1ccccn1. The van der Waals surface area contributed by atoms with Crippen LogP contribution in [0.15, 0.2) is 24.4 Å². The predicted octanol–water partition coefficient (Wildman–Crippen LogP) is 3.03. The van der Waals surface area contributed by atoms with Crippen LogP contribution >= 0.6 is 0 Å². The van der Waals surface area contributed by atoms with Crippen molar-refractivity contribution in [2.45, 2.75) is 39.5 Å². The molecule has 3 heteroatoms. The van der Waals surface area contributed by atoms with Gasteiger partial charge in [-0.25, -0.2) is 0 Å². The minimum Gasteiger partial charge on any atom is -0.350 e. The first kappa shape index (κ1) is 13.7. The van der Waals surface area contributed by atoms with Crippen molar-refractivity contribution in [3.8, 4) is 0 Å². The van der Waals surface area contributed by atoms with Gasteiger partial charge >= 0.3 is 0 Å². The number of nitrogens with one attached hydrogen (secondary N) is 1. The lowest BCUT2D eigenvalue weighted by molar-refractivity contribution is 0.0941. The van der Waals surface area contributed by atoms with Crippen molar-refractivity contribution in [3.05, 3.63) is 30.1 Å². The zero-order valence-corrected chi connectivity index (χ0v) is 10.8. The van der Waals surface area contributed by atoms with Gasteiger partial charge in [0.2, 0.25) is 0 Å². The zero-order chi connectivity index (χ0) is 12.5. The molecule has 0 aliphatic rings. The van der Waals surface area contributed by atoms with E-state index < -0.39 is 0 Å². The molecule has 0 bridgehead atoms. The van der Waals surface area contributed by atoms with E-state index in [1.54, 1.807) is 12.3 Å². The van der Waals surface area contributed by atoms with Gasteiger partial charge in [0.25, 0.3) is 5.91 Å². The molecule has 1 heterocycles. The summed E-state index contributed by atoms with van der Waals surface area (Å²) in [7, 11) is 0. The molecule has 0 radical (unpaired) electrons. The normalized spacial score (nSPS) is 12.1. The van der Waals surface area contributed by atoms with Gasteiger partial charge in [-0.15, -0.1) is 0 Å². The maximum absolute atomic E-state index is 11.8. The van der Waals surface area contributed by atoms with Crippen LogP contribution in [0.5, 0.6) is 0 Å². The molecule has 0 fully saturated rings. The highest BCUT2D eigenvalue weighted by Gasteiger charge is 2.10. The summed E-state index contributed by atoms with van der Waals surface area (Å²) in [4.78, 5) is 15.8. The van der Waals surface area contributed by atoms with Crippen molar-refractivity contribution in [1.82, 2.24) is 10.3 Å². The van der Waals surface area contributed by atoms with E-state index in [9.17, 15) is 4.79 Å². The van der Waals surface area contributed by atoms with Gasteiger partial charge in [-0.3, -0.25) is 9.78 Å². The molecular weight excluding hydrogens is 212 g/mol. The second-order valence-electron chi connectivity index (χ2n) is 4.34. The molecular formula is C14H22N2O. The molecule has 0 saturated heterocycles. The molecule has 94 valence electrons. The van der Waals surface area contributed by atoms with E-state index in [0.717, 1.165) is 13.0 Å². The molecule has 1 unspecified atom stereocenters. The minimum absolute atomic E-state index is 0.0689. The molecule has 1 aromatic rings. The fraction of sp³-hybridized carbons (Fsp3) is 0.571. The number of amides is 1. The van der Waals surface area contributed by atoms with Crippen molar-refractivity contribution in [2.24, 2.45) is 5.92 Å². The second-order valence-corrected chi connectivity index (χ2v) is 4.34. The van der Waals surface area contributed by atoms with Crippen LogP contribution in [0.3, 0.4) is 0 Å². The third-order valence-electron chi connectivity index (χ3n) is 2.99. The fourth-order valence-electron chi connectivity index (χ4n) is 1.77. The van der Waals surface area contributed by atoms with Crippen LogP contribution in [-0.4, -0.2) is 17.4 Å². The number of nitrogens with zero attached hydrogens (tertiary/aromatic N) is 1. The van der Waals surface area contributed by atoms with Crippen molar-refractivity contribution >= 4 is 5.91 Å². The summed E-state index contributed by atoms with van der Waals surface area (Å²) in [6.07, 6.45) is 6.39. The molecule has 1 amide bonds. The summed E-state index contributed by atoms with van der Waals surface area (Å²) in [5, 5.41) is 2.96. The van der Waals surface area contributed by atoms with E-state index in [4.69, 9.17) is 0 Å². The van der Waals surface area contributed by atoms with E-state index in [2.05, 4.69) is 24.1 Å². The number of unbranched alkanes of at least 4 members (excludes halogenated alkanes) is 1. The predicted molar refractivity (Wildman–Crippen MR) is 69.9 cm³/mol. The highest BCUT2D eigenvalue weighted by molar-refractivity contribution is 5.92. The van der Waals surface area contributed by atoms with Crippen LogP contribution < -0.4 is 5.32 Å². The Kier molecular flexibility index (Phi) is 6.30. The Labute approximate surface area is 104 Å². The Morgan fingerprint density at radius 3 is 2.82 bits per heavy atom. The number of pyridine rings is 1. The smallest absolute Gasteiger partial charge is 0.269 e. The maximum atomic E-state index is 11.8. The van der Waals surface area contributed by atoms with Crippen molar-refractivity contribution in [2.75, 3.05) is 6.54 Å². The number of hydrogen-bond donors (Lipinski definition) is 1. The summed E-state index contributed by atoms with van der Waals surface area (Å²) >= 11 is 0. The van der Waals surface area contributed by atoms with Gasteiger partial charge < -0.3 is 5.32 Å². The Morgan fingerprint density at radius 1 is 1.41 bits per heavy atom. The molecule has 17 heavy (non-hydrogen) atoms. The molecule has 0 aliphatic carbocycles. The minimum atomic E-state index is -0.0689. The topological polar surface area (TPSA) is 42.0 Å². The first-order valence-corrected chi connectivity index (χ1v) is 6.47. The van der Waals surface area contributed by atoms with Gasteiger partial charge in [-0.2, -0.15) is 0 Å². The lowest BCUT2D eigenvalue weighted by atomic mass is 9.99. The number of rotatable bonds is 7. The zero-order valence-electron chi connectivity index (χ0n) is 10.8. The molecule has 0 spiro atoms. The first-order valence-electron chi connectivity index (χ1n) is 6.47. The average Bonchev–Trinajstić information content (AvgIpc) is 2.39. The molecule has 1 N–H and O–H groups in total. The Balaban J connectivity index is 2.36. The van der Waals surface area contributed by atoms with Crippen molar-refractivity contribution < 1.29 is 4.79 Å². The highest BCUT2D eigenvalue weighted by atomic mass is 16.1. The third kappa shape index (κ3) is 4.98. The van der Waals surface area contributed by atoms with E-state index >= 15 is 0 Å². The number of carbonyl (C=O) groups excluding carboxylic acids is 1. The third-order valence-corrected chi connectivity index (χ3v) is 2.99. The van der Waals surface area contributed by atoms with Gasteiger partial charge in [0.15, 0.2) is 0 Å². The Morgan fingerprint density at radius 2 is 2.24 bits per heavy atom. The van der Waals surface area contributed by atoms with Crippen LogP contribution in [0.1, 0.15) is 50.0 Å². The van der Waals surface area contributed by atoms with Crippen molar-refractivity contribution in [1.29, 1.82) is 0 Å². The van der Waals surface area contributed by atoms with Gasteiger partial charge in [0.05, 0.1) is 0 Å². The van der Waals surface area contributed by atoms with Crippen LogP contribution in [0.4, 0.5) is 0 Å². The summed E-state index contributed by atoms with van der Waals surface area (Å²) < 4.78 is 0. The molecule has 1 aromatic heterocycles. The largest absolute Gasteiger partial charge is 0.350 e. The Bertz CT molecular complexity index is 324. The van der Waals surface area contributed by atoms with Crippen LogP contribution in [0.25, 0.3) is 0 Å². The summed E-state index contributed by atoms with van der Waals surface area (Å²) in [6, 6.07) is 5.38. The van der Waals surface area contributed by atoms with Crippen LogP contribution in [0.2, 0.25) is 0 Å². The Hall–Kier alpha value is -1.38. The summed E-state index contributed by atoms with van der Waals surface area (Å²) in [5.41, 5.74) is 0.498. The number of carbonyl (C=O) groups is 1. The van der Waals surface area contributed by atoms with E-state index in [-0.39, 0.29) is 5.91 Å².